The molecule has 0 amide bonds. The molecule has 11 heteroatoms. The third-order valence-electron chi connectivity index (χ3n) is 3.78. The molecule has 1 N–H and O–H groups in total. The number of aliphatic hydroxyl groups is 1. The van der Waals surface area contributed by atoms with Gasteiger partial charge in [0.15, 0.2) is 5.69 Å². The molecule has 1 atom stereocenters. The largest absolute Gasteiger partial charge is 0.458 e. The third-order valence-corrected chi connectivity index (χ3v) is 3.78. The molecule has 140 valence electrons. The summed E-state index contributed by atoms with van der Waals surface area (Å²) in [6.45, 7) is 0. The van der Waals surface area contributed by atoms with Gasteiger partial charge in [0.05, 0.1) is 12.1 Å². The van der Waals surface area contributed by atoms with Crippen LogP contribution in [0.2, 0.25) is 0 Å². The van der Waals surface area contributed by atoms with Crippen molar-refractivity contribution in [2.45, 2.75) is 24.6 Å². The summed E-state index contributed by atoms with van der Waals surface area (Å²) in [5.41, 5.74) is -1.03. The van der Waals surface area contributed by atoms with Crippen LogP contribution in [0.4, 0.5) is 26.3 Å². The Hall–Kier alpha value is -2.56. The first-order chi connectivity index (χ1) is 11.9. The molecule has 0 spiro atoms. The Morgan fingerprint density at radius 2 is 1.65 bits per heavy atom. The Bertz CT molecular complexity index is 854. The van der Waals surface area contributed by atoms with E-state index in [4.69, 9.17) is 0 Å². The summed E-state index contributed by atoms with van der Waals surface area (Å²) in [7, 11) is 1.34. The van der Waals surface area contributed by atoms with Gasteiger partial charge < -0.3 is 9.94 Å². The van der Waals surface area contributed by atoms with Gasteiger partial charge in [0, 0.05) is 18.8 Å². The second-order valence-electron chi connectivity index (χ2n) is 5.73. The standard InChI is InChI=1S/C15H11F6N3O2/c1-24-7-10(12(22-24)14(16,17)18)8-2-4-9(5-3-8)11-6-13(25,26-23-11)15(19,20)21/h2-5,7,25H,6H2,1H3. The molecule has 2 heterocycles. The van der Waals surface area contributed by atoms with Crippen molar-refractivity contribution in [1.29, 1.82) is 0 Å². The van der Waals surface area contributed by atoms with Crippen molar-refractivity contribution in [1.82, 2.24) is 9.78 Å². The first kappa shape index (κ1) is 18.2. The molecule has 5 nitrogen and oxygen atoms in total. The van der Waals surface area contributed by atoms with Crippen molar-refractivity contribution in [3.63, 3.8) is 0 Å². The molecule has 1 aromatic carbocycles. The minimum absolute atomic E-state index is 0.164. The van der Waals surface area contributed by atoms with E-state index in [1.54, 1.807) is 0 Å². The van der Waals surface area contributed by atoms with Crippen LogP contribution >= 0.6 is 0 Å². The van der Waals surface area contributed by atoms with Crippen LogP contribution in [-0.2, 0) is 18.1 Å². The molecule has 1 aromatic heterocycles. The molecule has 0 saturated carbocycles. The van der Waals surface area contributed by atoms with Crippen LogP contribution in [0.25, 0.3) is 11.1 Å². The van der Waals surface area contributed by atoms with Gasteiger partial charge in [-0.2, -0.15) is 31.4 Å². The van der Waals surface area contributed by atoms with Crippen LogP contribution in [-0.4, -0.2) is 32.6 Å². The van der Waals surface area contributed by atoms with E-state index in [1.807, 2.05) is 0 Å². The zero-order valence-corrected chi connectivity index (χ0v) is 13.1. The molecular formula is C15H11F6N3O2. The Kier molecular flexibility index (Phi) is 4.02. The molecule has 1 aliphatic rings. The average molecular weight is 379 g/mol. The van der Waals surface area contributed by atoms with E-state index in [0.29, 0.717) is 0 Å². The van der Waals surface area contributed by atoms with Gasteiger partial charge in [-0.05, 0) is 11.1 Å². The van der Waals surface area contributed by atoms with Gasteiger partial charge in [-0.1, -0.05) is 29.4 Å². The van der Waals surface area contributed by atoms with E-state index in [-0.39, 0.29) is 22.4 Å². The first-order valence-corrected chi connectivity index (χ1v) is 7.16. The molecule has 0 bridgehead atoms. The minimum atomic E-state index is -5.03. The predicted octanol–water partition coefficient (Wildman–Crippen LogP) is 3.48. The number of alkyl halides is 6. The summed E-state index contributed by atoms with van der Waals surface area (Å²) in [5, 5.41) is 16.1. The highest BCUT2D eigenvalue weighted by molar-refractivity contribution is 6.01. The molecule has 0 radical (unpaired) electrons. The number of hydrogen-bond donors (Lipinski definition) is 1. The van der Waals surface area contributed by atoms with E-state index in [0.717, 1.165) is 4.68 Å². The van der Waals surface area contributed by atoms with Crippen LogP contribution in [0.15, 0.2) is 35.6 Å². The maximum Gasteiger partial charge on any atom is 0.458 e. The lowest BCUT2D eigenvalue weighted by molar-refractivity contribution is -0.355. The van der Waals surface area contributed by atoms with Crippen LogP contribution in [0.5, 0.6) is 0 Å². The predicted molar refractivity (Wildman–Crippen MR) is 76.9 cm³/mol. The van der Waals surface area contributed by atoms with Gasteiger partial charge in [-0.25, -0.2) is 0 Å². The van der Waals surface area contributed by atoms with Crippen LogP contribution in [0.3, 0.4) is 0 Å². The van der Waals surface area contributed by atoms with Gasteiger partial charge in [0.1, 0.15) is 0 Å². The number of aryl methyl sites for hydroxylation is 1. The quantitative estimate of drug-likeness (QED) is 0.813. The SMILES string of the molecule is Cn1cc(-c2ccc(C3=NOC(O)(C(F)(F)F)C3)cc2)c(C(F)(F)F)n1. The van der Waals surface area contributed by atoms with Crippen molar-refractivity contribution in [2.75, 3.05) is 0 Å². The van der Waals surface area contributed by atoms with E-state index in [2.05, 4.69) is 15.1 Å². The zero-order chi connectivity index (χ0) is 19.3. The van der Waals surface area contributed by atoms with E-state index < -0.39 is 30.3 Å². The molecular weight excluding hydrogens is 368 g/mol. The Balaban J connectivity index is 1.88. The number of nitrogens with zero attached hydrogens (tertiary/aromatic N) is 3. The van der Waals surface area contributed by atoms with Gasteiger partial charge >= 0.3 is 18.1 Å². The molecule has 26 heavy (non-hydrogen) atoms. The van der Waals surface area contributed by atoms with Crippen LogP contribution in [0.1, 0.15) is 17.7 Å². The smallest absolute Gasteiger partial charge is 0.350 e. The number of aromatic nitrogens is 2. The first-order valence-electron chi connectivity index (χ1n) is 7.16. The topological polar surface area (TPSA) is 59.6 Å². The monoisotopic (exact) mass is 379 g/mol. The highest BCUT2D eigenvalue weighted by Crippen LogP contribution is 2.39. The number of halogens is 6. The fourth-order valence-corrected chi connectivity index (χ4v) is 2.48. The van der Waals surface area contributed by atoms with Crippen molar-refractivity contribution < 1.29 is 36.3 Å². The van der Waals surface area contributed by atoms with Crippen LogP contribution in [0, 0.1) is 0 Å². The second kappa shape index (κ2) is 5.73. The lowest BCUT2D eigenvalue weighted by Gasteiger charge is -2.22. The molecule has 0 saturated heterocycles. The number of oxime groups is 1. The highest BCUT2D eigenvalue weighted by atomic mass is 19.4. The summed E-state index contributed by atoms with van der Waals surface area (Å²) >= 11 is 0. The van der Waals surface area contributed by atoms with Gasteiger partial charge in [0.2, 0.25) is 0 Å². The normalized spacial score (nSPS) is 20.8. The van der Waals surface area contributed by atoms with Gasteiger partial charge in [0.25, 0.3) is 0 Å². The maximum absolute atomic E-state index is 13.0. The number of benzene rings is 1. The maximum atomic E-state index is 13.0. The number of hydrogen-bond acceptors (Lipinski definition) is 4. The fourth-order valence-electron chi connectivity index (χ4n) is 2.48. The van der Waals surface area contributed by atoms with Gasteiger partial charge in [-0.15, -0.1) is 0 Å². The van der Waals surface area contributed by atoms with Crippen molar-refractivity contribution in [3.8, 4) is 11.1 Å². The minimum Gasteiger partial charge on any atom is -0.350 e. The molecule has 0 aliphatic carbocycles. The molecule has 0 fully saturated rings. The Morgan fingerprint density at radius 1 is 1.08 bits per heavy atom. The summed E-state index contributed by atoms with van der Waals surface area (Å²) < 4.78 is 78.2. The summed E-state index contributed by atoms with van der Waals surface area (Å²) in [5.74, 6) is -3.41. The van der Waals surface area contributed by atoms with Crippen molar-refractivity contribution in [2.24, 2.45) is 12.2 Å². The van der Waals surface area contributed by atoms with Crippen molar-refractivity contribution >= 4 is 5.71 Å². The van der Waals surface area contributed by atoms with E-state index >= 15 is 0 Å². The number of rotatable bonds is 2. The molecule has 1 aliphatic heterocycles. The average Bonchev–Trinajstić information content (AvgIpc) is 3.11. The summed E-state index contributed by atoms with van der Waals surface area (Å²) in [6, 6.07) is 5.20. The Labute approximate surface area is 142 Å². The summed E-state index contributed by atoms with van der Waals surface area (Å²) in [6.07, 6.45) is -9.41. The fraction of sp³-hybridized carbons (Fsp3) is 0.333. The summed E-state index contributed by atoms with van der Waals surface area (Å²) in [4.78, 5) is 4.11. The second-order valence-corrected chi connectivity index (χ2v) is 5.73. The van der Waals surface area contributed by atoms with Gasteiger partial charge in [-0.3, -0.25) is 4.68 Å². The lowest BCUT2D eigenvalue weighted by atomic mass is 9.99. The molecule has 3 rings (SSSR count). The lowest BCUT2D eigenvalue weighted by Crippen LogP contribution is -2.45. The zero-order valence-electron chi connectivity index (χ0n) is 13.1. The van der Waals surface area contributed by atoms with Crippen molar-refractivity contribution in [3.05, 3.63) is 41.7 Å². The van der Waals surface area contributed by atoms with E-state index in [9.17, 15) is 31.4 Å². The molecule has 2 aromatic rings. The highest BCUT2D eigenvalue weighted by Gasteiger charge is 2.60. The van der Waals surface area contributed by atoms with Crippen LogP contribution < -0.4 is 0 Å². The van der Waals surface area contributed by atoms with E-state index in [1.165, 1.54) is 37.5 Å². The third kappa shape index (κ3) is 3.14. The Morgan fingerprint density at radius 3 is 2.15 bits per heavy atom. The molecule has 1 unspecified atom stereocenters.